The molecule has 2 aromatic rings. The minimum absolute atomic E-state index is 0.741. The summed E-state index contributed by atoms with van der Waals surface area (Å²) in [6.07, 6.45) is 6.83. The van der Waals surface area contributed by atoms with E-state index >= 15 is 0 Å². The summed E-state index contributed by atoms with van der Waals surface area (Å²) < 4.78 is 5.58. The zero-order valence-corrected chi connectivity index (χ0v) is 10.6. The van der Waals surface area contributed by atoms with Crippen LogP contribution >= 0.6 is 0 Å². The van der Waals surface area contributed by atoms with Gasteiger partial charge in [-0.05, 0) is 48.9 Å². The lowest BCUT2D eigenvalue weighted by molar-refractivity contribution is 0.442. The van der Waals surface area contributed by atoms with Gasteiger partial charge in [0.1, 0.15) is 5.52 Å². The normalized spacial score (nSPS) is 17.8. The summed E-state index contributed by atoms with van der Waals surface area (Å²) in [6.45, 7) is 4.11. The van der Waals surface area contributed by atoms with Crippen LogP contribution < -0.4 is 0 Å². The van der Waals surface area contributed by atoms with Crippen molar-refractivity contribution in [2.24, 2.45) is 0 Å². The summed E-state index contributed by atoms with van der Waals surface area (Å²) in [5.74, 6) is 1.50. The third-order valence-electron chi connectivity index (χ3n) is 3.93. The van der Waals surface area contributed by atoms with Gasteiger partial charge in [-0.25, -0.2) is 4.98 Å². The van der Waals surface area contributed by atoms with E-state index in [-0.39, 0.29) is 0 Å². The van der Waals surface area contributed by atoms with Crippen molar-refractivity contribution in [3.63, 3.8) is 0 Å². The Bertz CT molecular complexity index is 535. The van der Waals surface area contributed by atoms with Crippen LogP contribution in [0.2, 0.25) is 0 Å². The SMILES string of the molecule is Cc1nc2cc(C3CCCCC3)c(C)cc2o1. The van der Waals surface area contributed by atoms with Crippen molar-refractivity contribution in [2.45, 2.75) is 51.9 Å². The second kappa shape index (κ2) is 4.17. The number of nitrogens with zero attached hydrogens (tertiary/aromatic N) is 1. The number of fused-ring (bicyclic) bond motifs is 1. The molecular weight excluding hydrogens is 210 g/mol. The fourth-order valence-corrected chi connectivity index (χ4v) is 3.06. The summed E-state index contributed by atoms with van der Waals surface area (Å²) in [7, 11) is 0. The maximum atomic E-state index is 5.58. The molecule has 0 spiro atoms. The molecule has 1 aromatic heterocycles. The van der Waals surface area contributed by atoms with Crippen LogP contribution in [0, 0.1) is 13.8 Å². The molecule has 2 heteroatoms. The summed E-state index contributed by atoms with van der Waals surface area (Å²) in [4.78, 5) is 4.44. The van der Waals surface area contributed by atoms with Crippen molar-refractivity contribution in [1.29, 1.82) is 0 Å². The molecule has 1 saturated carbocycles. The second-order valence-electron chi connectivity index (χ2n) is 5.24. The number of oxazole rings is 1. The first-order valence-electron chi connectivity index (χ1n) is 6.62. The van der Waals surface area contributed by atoms with Crippen LogP contribution in [-0.4, -0.2) is 4.98 Å². The molecule has 0 unspecified atom stereocenters. The minimum atomic E-state index is 0.741. The monoisotopic (exact) mass is 229 g/mol. The highest BCUT2D eigenvalue weighted by Gasteiger charge is 2.18. The van der Waals surface area contributed by atoms with E-state index in [1.54, 1.807) is 0 Å². The van der Waals surface area contributed by atoms with E-state index in [9.17, 15) is 0 Å². The predicted octanol–water partition coefficient (Wildman–Crippen LogP) is 4.49. The van der Waals surface area contributed by atoms with Crippen LogP contribution in [0.15, 0.2) is 16.5 Å². The molecule has 3 rings (SSSR count). The number of benzene rings is 1. The molecule has 2 nitrogen and oxygen atoms in total. The van der Waals surface area contributed by atoms with Crippen molar-refractivity contribution in [1.82, 2.24) is 4.98 Å². The Morgan fingerprint density at radius 3 is 2.65 bits per heavy atom. The molecular formula is C15H19NO. The molecule has 0 atom stereocenters. The third kappa shape index (κ3) is 1.97. The van der Waals surface area contributed by atoms with E-state index in [4.69, 9.17) is 4.42 Å². The molecule has 17 heavy (non-hydrogen) atoms. The van der Waals surface area contributed by atoms with Crippen molar-refractivity contribution in [3.05, 3.63) is 29.2 Å². The quantitative estimate of drug-likeness (QED) is 0.720. The summed E-state index contributed by atoms with van der Waals surface area (Å²) in [5.41, 5.74) is 4.80. The van der Waals surface area contributed by atoms with Gasteiger partial charge in [-0.2, -0.15) is 0 Å². The second-order valence-corrected chi connectivity index (χ2v) is 5.24. The predicted molar refractivity (Wildman–Crippen MR) is 69.3 cm³/mol. The van der Waals surface area contributed by atoms with E-state index in [0.717, 1.165) is 22.9 Å². The van der Waals surface area contributed by atoms with Gasteiger partial charge in [0.15, 0.2) is 11.5 Å². The highest BCUT2D eigenvalue weighted by molar-refractivity contribution is 5.75. The summed E-state index contributed by atoms with van der Waals surface area (Å²) in [5, 5.41) is 0. The highest BCUT2D eigenvalue weighted by Crippen LogP contribution is 2.35. The van der Waals surface area contributed by atoms with Crippen molar-refractivity contribution in [3.8, 4) is 0 Å². The molecule has 1 heterocycles. The Morgan fingerprint density at radius 1 is 1.12 bits per heavy atom. The molecule has 0 radical (unpaired) electrons. The number of hydrogen-bond donors (Lipinski definition) is 0. The Morgan fingerprint density at radius 2 is 1.88 bits per heavy atom. The van der Waals surface area contributed by atoms with Gasteiger partial charge in [0.2, 0.25) is 0 Å². The van der Waals surface area contributed by atoms with Crippen LogP contribution in [0.1, 0.15) is 55.0 Å². The van der Waals surface area contributed by atoms with Gasteiger partial charge in [-0.3, -0.25) is 0 Å². The highest BCUT2D eigenvalue weighted by atomic mass is 16.3. The molecule has 0 amide bonds. The minimum Gasteiger partial charge on any atom is -0.441 e. The van der Waals surface area contributed by atoms with Gasteiger partial charge < -0.3 is 4.42 Å². The summed E-state index contributed by atoms with van der Waals surface area (Å²) in [6, 6.07) is 4.40. The Balaban J connectivity index is 2.05. The van der Waals surface area contributed by atoms with Gasteiger partial charge in [0.05, 0.1) is 0 Å². The Hall–Kier alpha value is -1.31. The molecule has 0 N–H and O–H groups in total. The average molecular weight is 229 g/mol. The molecule has 90 valence electrons. The first-order valence-corrected chi connectivity index (χ1v) is 6.62. The van der Waals surface area contributed by atoms with Gasteiger partial charge in [0, 0.05) is 6.92 Å². The number of rotatable bonds is 1. The maximum Gasteiger partial charge on any atom is 0.192 e. The number of aryl methyl sites for hydroxylation is 2. The molecule has 1 fully saturated rings. The standard InChI is InChI=1S/C15H19NO/c1-10-8-15-14(16-11(2)17-15)9-13(10)12-6-4-3-5-7-12/h8-9,12H,3-7H2,1-2H3. The van der Waals surface area contributed by atoms with Crippen molar-refractivity contribution in [2.75, 3.05) is 0 Å². The van der Waals surface area contributed by atoms with Gasteiger partial charge >= 0.3 is 0 Å². The lowest BCUT2D eigenvalue weighted by atomic mass is 9.82. The lowest BCUT2D eigenvalue weighted by Gasteiger charge is -2.23. The summed E-state index contributed by atoms with van der Waals surface area (Å²) >= 11 is 0. The fourth-order valence-electron chi connectivity index (χ4n) is 3.06. The van der Waals surface area contributed by atoms with Crippen LogP contribution in [0.5, 0.6) is 0 Å². The average Bonchev–Trinajstić information content (AvgIpc) is 2.68. The van der Waals surface area contributed by atoms with E-state index < -0.39 is 0 Å². The Kier molecular flexibility index (Phi) is 2.65. The first-order chi connectivity index (χ1) is 8.24. The van der Waals surface area contributed by atoms with E-state index in [2.05, 4.69) is 24.0 Å². The molecule has 0 bridgehead atoms. The van der Waals surface area contributed by atoms with Gasteiger partial charge in [-0.1, -0.05) is 19.3 Å². The van der Waals surface area contributed by atoms with Crippen LogP contribution in [0.4, 0.5) is 0 Å². The molecule has 0 saturated heterocycles. The number of aromatic nitrogens is 1. The molecule has 0 aliphatic heterocycles. The zero-order valence-electron chi connectivity index (χ0n) is 10.6. The fraction of sp³-hybridized carbons (Fsp3) is 0.533. The van der Waals surface area contributed by atoms with Gasteiger partial charge in [-0.15, -0.1) is 0 Å². The van der Waals surface area contributed by atoms with E-state index in [0.29, 0.717) is 0 Å². The molecule has 1 aliphatic carbocycles. The van der Waals surface area contributed by atoms with E-state index in [1.165, 1.54) is 43.2 Å². The van der Waals surface area contributed by atoms with Crippen LogP contribution in [-0.2, 0) is 0 Å². The van der Waals surface area contributed by atoms with Crippen molar-refractivity contribution < 1.29 is 4.42 Å². The largest absolute Gasteiger partial charge is 0.441 e. The van der Waals surface area contributed by atoms with Crippen LogP contribution in [0.25, 0.3) is 11.1 Å². The number of hydrogen-bond acceptors (Lipinski definition) is 2. The Labute approximate surface area is 102 Å². The third-order valence-corrected chi connectivity index (χ3v) is 3.93. The van der Waals surface area contributed by atoms with E-state index in [1.807, 2.05) is 6.92 Å². The molecule has 1 aromatic carbocycles. The lowest BCUT2D eigenvalue weighted by Crippen LogP contribution is -2.06. The smallest absolute Gasteiger partial charge is 0.192 e. The van der Waals surface area contributed by atoms with Gasteiger partial charge in [0.25, 0.3) is 0 Å². The molecule has 1 aliphatic rings. The van der Waals surface area contributed by atoms with Crippen molar-refractivity contribution >= 4 is 11.1 Å². The topological polar surface area (TPSA) is 26.0 Å². The van der Waals surface area contributed by atoms with Crippen LogP contribution in [0.3, 0.4) is 0 Å². The zero-order chi connectivity index (χ0) is 11.8. The first kappa shape index (κ1) is 10.8. The maximum absolute atomic E-state index is 5.58.